The number of rotatable bonds is 6. The van der Waals surface area contributed by atoms with Crippen LogP contribution in [0, 0.1) is 12.8 Å². The molecule has 4 nitrogen and oxygen atoms in total. The number of likely N-dealkylation sites (tertiary alicyclic amines) is 1. The maximum Gasteiger partial charge on any atom is 0.291 e. The third-order valence-corrected chi connectivity index (χ3v) is 5.29. The minimum absolute atomic E-state index is 0.221. The molecule has 0 spiro atoms. The lowest BCUT2D eigenvalue weighted by Gasteiger charge is -2.26. The second kappa shape index (κ2) is 7.93. The third-order valence-electron chi connectivity index (χ3n) is 5.29. The fourth-order valence-corrected chi connectivity index (χ4v) is 3.67. The van der Waals surface area contributed by atoms with Gasteiger partial charge in [0.15, 0.2) is 5.78 Å². The number of aryl methyl sites for hydroxylation is 1. The second-order valence-electron chi connectivity index (χ2n) is 7.58. The van der Waals surface area contributed by atoms with Crippen LogP contribution in [0.25, 0.3) is 0 Å². The van der Waals surface area contributed by atoms with Gasteiger partial charge in [-0.25, -0.2) is 0 Å². The van der Waals surface area contributed by atoms with E-state index in [0.717, 1.165) is 16.7 Å². The van der Waals surface area contributed by atoms with Crippen LogP contribution in [0.1, 0.15) is 52.9 Å². The fourth-order valence-electron chi connectivity index (χ4n) is 3.67. The predicted octanol–water partition coefficient (Wildman–Crippen LogP) is 4.26. The van der Waals surface area contributed by atoms with Crippen molar-refractivity contribution in [1.29, 1.82) is 0 Å². The van der Waals surface area contributed by atoms with Gasteiger partial charge in [0.25, 0.3) is 5.91 Å². The first-order valence-corrected chi connectivity index (χ1v) is 9.51. The molecule has 1 saturated heterocycles. The summed E-state index contributed by atoms with van der Waals surface area (Å²) in [4.78, 5) is 40.1. The zero-order chi connectivity index (χ0) is 20.4. The Labute approximate surface area is 165 Å². The summed E-state index contributed by atoms with van der Waals surface area (Å²) < 4.78 is 0. The zero-order valence-electron chi connectivity index (χ0n) is 16.5. The van der Waals surface area contributed by atoms with Crippen molar-refractivity contribution in [3.8, 4) is 0 Å². The lowest BCUT2D eigenvalue weighted by molar-refractivity contribution is -0.140. The molecule has 2 aromatic carbocycles. The van der Waals surface area contributed by atoms with E-state index in [1.165, 1.54) is 4.90 Å². The van der Waals surface area contributed by atoms with Gasteiger partial charge in [-0.1, -0.05) is 74.0 Å². The molecule has 2 atom stereocenters. The maximum atomic E-state index is 13.2. The van der Waals surface area contributed by atoms with Gasteiger partial charge in [-0.3, -0.25) is 14.4 Å². The topological polar surface area (TPSA) is 54.5 Å². The molecule has 1 heterocycles. The summed E-state index contributed by atoms with van der Waals surface area (Å²) in [5.41, 5.74) is 3.42. The first-order valence-electron chi connectivity index (χ1n) is 9.51. The van der Waals surface area contributed by atoms with Crippen molar-refractivity contribution in [2.75, 3.05) is 6.54 Å². The van der Waals surface area contributed by atoms with Crippen LogP contribution in [0.4, 0.5) is 0 Å². The lowest BCUT2D eigenvalue weighted by Crippen LogP contribution is -2.30. The van der Waals surface area contributed by atoms with Crippen LogP contribution in [-0.2, 0) is 9.59 Å². The van der Waals surface area contributed by atoms with Crippen molar-refractivity contribution in [3.63, 3.8) is 0 Å². The number of amides is 1. The van der Waals surface area contributed by atoms with Gasteiger partial charge in [0.2, 0.25) is 5.78 Å². The molecule has 0 bridgehead atoms. The van der Waals surface area contributed by atoms with Gasteiger partial charge in [-0.05, 0) is 24.0 Å². The molecule has 2 unspecified atom stereocenters. The summed E-state index contributed by atoms with van der Waals surface area (Å²) in [6, 6.07) is 14.3. The maximum absolute atomic E-state index is 13.2. The Morgan fingerprint density at radius 2 is 1.68 bits per heavy atom. The van der Waals surface area contributed by atoms with Gasteiger partial charge in [0, 0.05) is 12.1 Å². The minimum Gasteiger partial charge on any atom is -0.324 e. The summed E-state index contributed by atoms with van der Waals surface area (Å²) >= 11 is 0. The standard InChI is InChI=1S/C24H25NO3/c1-5-14-25-21(18-12-10-17(11-13-18)15(2)3)20(23(27)24(25)28)22(26)19-8-6-16(4)7-9-19/h5-13,15,20-21H,1,14H2,2-4H3. The number of Topliss-reactive ketones (excluding diaryl/α,β-unsaturated/α-hetero) is 2. The van der Waals surface area contributed by atoms with E-state index in [0.29, 0.717) is 11.5 Å². The largest absolute Gasteiger partial charge is 0.324 e. The fraction of sp³-hybridized carbons (Fsp3) is 0.292. The van der Waals surface area contributed by atoms with Crippen LogP contribution in [0.5, 0.6) is 0 Å². The van der Waals surface area contributed by atoms with E-state index in [4.69, 9.17) is 0 Å². The Balaban J connectivity index is 2.05. The Morgan fingerprint density at radius 1 is 1.07 bits per heavy atom. The number of carbonyl (C=O) groups excluding carboxylic acids is 3. The van der Waals surface area contributed by atoms with Crippen LogP contribution < -0.4 is 0 Å². The summed E-state index contributed by atoms with van der Waals surface area (Å²) in [5.74, 6) is -2.26. The first kappa shape index (κ1) is 19.7. The third kappa shape index (κ3) is 3.55. The van der Waals surface area contributed by atoms with Crippen molar-refractivity contribution in [2.24, 2.45) is 5.92 Å². The van der Waals surface area contributed by atoms with E-state index in [1.807, 2.05) is 43.3 Å². The van der Waals surface area contributed by atoms with Crippen LogP contribution in [-0.4, -0.2) is 28.9 Å². The molecular formula is C24H25NO3. The van der Waals surface area contributed by atoms with Gasteiger partial charge < -0.3 is 4.90 Å². The summed E-state index contributed by atoms with van der Waals surface area (Å²) in [7, 11) is 0. The minimum atomic E-state index is -1.04. The predicted molar refractivity (Wildman–Crippen MR) is 109 cm³/mol. The van der Waals surface area contributed by atoms with Crippen molar-refractivity contribution in [1.82, 2.24) is 4.90 Å². The smallest absolute Gasteiger partial charge is 0.291 e. The molecule has 0 aliphatic carbocycles. The number of hydrogen-bond acceptors (Lipinski definition) is 3. The monoisotopic (exact) mass is 375 g/mol. The van der Waals surface area contributed by atoms with Crippen molar-refractivity contribution < 1.29 is 14.4 Å². The second-order valence-corrected chi connectivity index (χ2v) is 7.58. The molecule has 4 heteroatoms. The van der Waals surface area contributed by atoms with Gasteiger partial charge in [0.05, 0.1) is 6.04 Å². The quantitative estimate of drug-likeness (QED) is 0.328. The molecule has 1 aliphatic heterocycles. The van der Waals surface area contributed by atoms with Gasteiger partial charge in [-0.15, -0.1) is 6.58 Å². The molecule has 28 heavy (non-hydrogen) atoms. The molecule has 0 radical (unpaired) electrons. The van der Waals surface area contributed by atoms with Crippen LogP contribution in [0.2, 0.25) is 0 Å². The number of nitrogens with zero attached hydrogens (tertiary/aromatic N) is 1. The number of carbonyl (C=O) groups is 3. The summed E-state index contributed by atoms with van der Waals surface area (Å²) in [6.45, 7) is 10.1. The lowest BCUT2D eigenvalue weighted by atomic mass is 9.85. The highest BCUT2D eigenvalue weighted by Crippen LogP contribution is 2.38. The zero-order valence-corrected chi connectivity index (χ0v) is 16.5. The normalized spacial score (nSPS) is 19.4. The van der Waals surface area contributed by atoms with E-state index in [2.05, 4.69) is 20.4 Å². The van der Waals surface area contributed by atoms with E-state index >= 15 is 0 Å². The molecule has 1 amide bonds. The van der Waals surface area contributed by atoms with Crippen molar-refractivity contribution in [3.05, 3.63) is 83.4 Å². The molecule has 144 valence electrons. The molecule has 0 saturated carbocycles. The van der Waals surface area contributed by atoms with Crippen LogP contribution in [0.15, 0.2) is 61.2 Å². The Bertz CT molecular complexity index is 910. The van der Waals surface area contributed by atoms with Crippen LogP contribution in [0.3, 0.4) is 0 Å². The molecule has 0 N–H and O–H groups in total. The Kier molecular flexibility index (Phi) is 5.59. The van der Waals surface area contributed by atoms with E-state index in [9.17, 15) is 14.4 Å². The number of benzene rings is 2. The van der Waals surface area contributed by atoms with E-state index in [1.54, 1.807) is 18.2 Å². The summed E-state index contributed by atoms with van der Waals surface area (Å²) in [6.07, 6.45) is 1.58. The average Bonchev–Trinajstić information content (AvgIpc) is 2.93. The number of hydrogen-bond donors (Lipinski definition) is 0. The highest BCUT2D eigenvalue weighted by Gasteiger charge is 2.51. The van der Waals surface area contributed by atoms with Gasteiger partial charge in [0.1, 0.15) is 5.92 Å². The molecule has 2 aromatic rings. The highest BCUT2D eigenvalue weighted by molar-refractivity contribution is 6.44. The Morgan fingerprint density at radius 3 is 2.21 bits per heavy atom. The SMILES string of the molecule is C=CCN1C(=O)C(=O)C(C(=O)c2ccc(C)cc2)C1c1ccc(C(C)C)cc1. The van der Waals surface area contributed by atoms with Crippen molar-refractivity contribution in [2.45, 2.75) is 32.7 Å². The molecule has 3 rings (SSSR count). The molecule has 1 fully saturated rings. The molecule has 0 aromatic heterocycles. The summed E-state index contributed by atoms with van der Waals surface area (Å²) in [5, 5.41) is 0. The van der Waals surface area contributed by atoms with Crippen molar-refractivity contribution >= 4 is 17.5 Å². The average molecular weight is 375 g/mol. The van der Waals surface area contributed by atoms with Crippen LogP contribution >= 0.6 is 0 Å². The van der Waals surface area contributed by atoms with E-state index < -0.39 is 23.7 Å². The van der Waals surface area contributed by atoms with E-state index in [-0.39, 0.29) is 12.3 Å². The van der Waals surface area contributed by atoms with Gasteiger partial charge >= 0.3 is 0 Å². The molecular weight excluding hydrogens is 350 g/mol. The Hall–Kier alpha value is -3.01. The molecule has 1 aliphatic rings. The van der Waals surface area contributed by atoms with Gasteiger partial charge in [-0.2, -0.15) is 0 Å². The number of ketones is 2. The highest BCUT2D eigenvalue weighted by atomic mass is 16.2. The first-order chi connectivity index (χ1) is 13.3.